The third kappa shape index (κ3) is 8.07. The highest BCUT2D eigenvalue weighted by Gasteiger charge is 2.33. The zero-order valence-electron chi connectivity index (χ0n) is 23.2. The van der Waals surface area contributed by atoms with Crippen LogP contribution in [0.3, 0.4) is 0 Å². The van der Waals surface area contributed by atoms with Crippen molar-refractivity contribution < 1.29 is 22.7 Å². The van der Waals surface area contributed by atoms with E-state index in [4.69, 9.17) is 4.74 Å². The van der Waals surface area contributed by atoms with Crippen LogP contribution in [0.15, 0.2) is 72.8 Å². The van der Waals surface area contributed by atoms with Crippen LogP contribution < -0.4 is 14.4 Å². The number of carbonyl (C=O) groups is 2. The van der Waals surface area contributed by atoms with Gasteiger partial charge in [0.2, 0.25) is 21.8 Å². The lowest BCUT2D eigenvalue weighted by molar-refractivity contribution is -0.140. The van der Waals surface area contributed by atoms with E-state index >= 15 is 0 Å². The standard InChI is InChI=1S/C30H37N3O5S/c1-6-31-30(35)28(19-24-11-8-7-9-12-24)32(20-25-13-10-14-27(18-25)38-4)29(34)21-33(39(5,36)37)26-16-15-22(2)23(3)17-26/h7-18,28H,6,19-21H2,1-5H3,(H,31,35)/t28-/m0/s1. The zero-order chi connectivity index (χ0) is 28.6. The Balaban J connectivity index is 2.06. The first-order valence-corrected chi connectivity index (χ1v) is 14.7. The summed E-state index contributed by atoms with van der Waals surface area (Å²) in [6.45, 7) is 5.68. The van der Waals surface area contributed by atoms with Gasteiger partial charge in [0, 0.05) is 19.5 Å². The fourth-order valence-corrected chi connectivity index (χ4v) is 5.15. The number of hydrogen-bond acceptors (Lipinski definition) is 5. The first-order chi connectivity index (χ1) is 18.5. The molecule has 39 heavy (non-hydrogen) atoms. The number of hydrogen-bond donors (Lipinski definition) is 1. The summed E-state index contributed by atoms with van der Waals surface area (Å²) in [6, 6.07) is 21.1. The number of anilines is 1. The molecule has 0 saturated carbocycles. The second kappa shape index (κ2) is 13.3. The van der Waals surface area contributed by atoms with Crippen LogP contribution in [0.1, 0.15) is 29.2 Å². The fraction of sp³-hybridized carbons (Fsp3) is 0.333. The Bertz CT molecular complexity index is 1390. The molecule has 0 spiro atoms. The first kappa shape index (κ1) is 29.7. The number of methoxy groups -OCH3 is 1. The molecule has 9 heteroatoms. The van der Waals surface area contributed by atoms with Gasteiger partial charge in [-0.25, -0.2) is 8.42 Å². The molecule has 208 valence electrons. The molecule has 0 unspecified atom stereocenters. The molecule has 0 aliphatic rings. The Morgan fingerprint density at radius 2 is 1.62 bits per heavy atom. The lowest BCUT2D eigenvalue weighted by Crippen LogP contribution is -2.53. The van der Waals surface area contributed by atoms with Gasteiger partial charge in [-0.05, 0) is 67.3 Å². The molecule has 3 aromatic carbocycles. The monoisotopic (exact) mass is 551 g/mol. The normalized spacial score (nSPS) is 11.9. The topological polar surface area (TPSA) is 96.0 Å². The molecule has 2 amide bonds. The van der Waals surface area contributed by atoms with E-state index < -0.39 is 28.5 Å². The second-order valence-corrected chi connectivity index (χ2v) is 11.4. The number of carbonyl (C=O) groups excluding carboxylic acids is 2. The van der Waals surface area contributed by atoms with E-state index in [0.29, 0.717) is 18.0 Å². The molecule has 0 radical (unpaired) electrons. The summed E-state index contributed by atoms with van der Waals surface area (Å²) in [4.78, 5) is 28.9. The van der Waals surface area contributed by atoms with Gasteiger partial charge in [-0.1, -0.05) is 48.5 Å². The van der Waals surface area contributed by atoms with Crippen molar-refractivity contribution in [3.8, 4) is 5.75 Å². The number of sulfonamides is 1. The van der Waals surface area contributed by atoms with Crippen molar-refractivity contribution in [2.45, 2.75) is 39.8 Å². The van der Waals surface area contributed by atoms with Crippen molar-refractivity contribution >= 4 is 27.5 Å². The minimum Gasteiger partial charge on any atom is -0.497 e. The molecule has 0 aliphatic carbocycles. The number of nitrogens with one attached hydrogen (secondary N) is 1. The largest absolute Gasteiger partial charge is 0.497 e. The van der Waals surface area contributed by atoms with E-state index in [9.17, 15) is 18.0 Å². The lowest BCUT2D eigenvalue weighted by atomic mass is 10.0. The van der Waals surface area contributed by atoms with Gasteiger partial charge in [0.15, 0.2) is 0 Å². The van der Waals surface area contributed by atoms with Gasteiger partial charge in [-0.2, -0.15) is 0 Å². The van der Waals surface area contributed by atoms with Gasteiger partial charge in [0.05, 0.1) is 19.1 Å². The molecular formula is C30H37N3O5S. The minimum absolute atomic E-state index is 0.0925. The van der Waals surface area contributed by atoms with E-state index in [1.165, 1.54) is 4.90 Å². The molecule has 0 aliphatic heterocycles. The van der Waals surface area contributed by atoms with Crippen LogP contribution in [0.4, 0.5) is 5.69 Å². The first-order valence-electron chi connectivity index (χ1n) is 12.8. The number of rotatable bonds is 12. The van der Waals surface area contributed by atoms with Crippen LogP contribution >= 0.6 is 0 Å². The van der Waals surface area contributed by atoms with E-state index in [-0.39, 0.29) is 18.9 Å². The van der Waals surface area contributed by atoms with E-state index in [2.05, 4.69) is 5.32 Å². The summed E-state index contributed by atoms with van der Waals surface area (Å²) in [6.07, 6.45) is 1.35. The zero-order valence-corrected chi connectivity index (χ0v) is 24.0. The van der Waals surface area contributed by atoms with Crippen molar-refractivity contribution in [1.29, 1.82) is 0 Å². The van der Waals surface area contributed by atoms with E-state index in [1.807, 2.05) is 69.3 Å². The summed E-state index contributed by atoms with van der Waals surface area (Å²) >= 11 is 0. The number of amides is 2. The van der Waals surface area contributed by atoms with Gasteiger partial charge in [-0.15, -0.1) is 0 Å². The molecule has 3 rings (SSSR count). The Labute approximate surface area is 231 Å². The summed E-state index contributed by atoms with van der Waals surface area (Å²) < 4.78 is 32.2. The van der Waals surface area contributed by atoms with Gasteiger partial charge in [0.25, 0.3) is 0 Å². The number of likely N-dealkylation sites (N-methyl/N-ethyl adjacent to an activating group) is 1. The molecule has 0 fully saturated rings. The molecule has 0 heterocycles. The predicted octanol–water partition coefficient (Wildman–Crippen LogP) is 3.85. The van der Waals surface area contributed by atoms with Crippen LogP contribution in [0.25, 0.3) is 0 Å². The summed E-state index contributed by atoms with van der Waals surface area (Å²) in [5.74, 6) is -0.186. The highest BCUT2D eigenvalue weighted by Crippen LogP contribution is 2.23. The molecule has 0 aromatic heterocycles. The van der Waals surface area contributed by atoms with Gasteiger partial charge < -0.3 is 15.0 Å². The highest BCUT2D eigenvalue weighted by atomic mass is 32.2. The van der Waals surface area contributed by atoms with Crippen molar-refractivity contribution in [3.63, 3.8) is 0 Å². The third-order valence-electron chi connectivity index (χ3n) is 6.57. The Kier molecular flexibility index (Phi) is 10.1. The maximum Gasteiger partial charge on any atom is 0.244 e. The SMILES string of the molecule is CCNC(=O)[C@H](Cc1ccccc1)N(Cc1cccc(OC)c1)C(=O)CN(c1ccc(C)c(C)c1)S(C)(=O)=O. The average molecular weight is 552 g/mol. The quantitative estimate of drug-likeness (QED) is 0.369. The summed E-state index contributed by atoms with van der Waals surface area (Å²) in [5, 5.41) is 2.85. The molecular weight excluding hydrogens is 514 g/mol. The number of ether oxygens (including phenoxy) is 1. The molecule has 8 nitrogen and oxygen atoms in total. The smallest absolute Gasteiger partial charge is 0.244 e. The van der Waals surface area contributed by atoms with Gasteiger partial charge in [-0.3, -0.25) is 13.9 Å². The van der Waals surface area contributed by atoms with E-state index in [0.717, 1.165) is 32.8 Å². The van der Waals surface area contributed by atoms with Crippen LogP contribution in [-0.4, -0.2) is 57.6 Å². The van der Waals surface area contributed by atoms with Crippen molar-refractivity contribution in [2.75, 3.05) is 30.8 Å². The minimum atomic E-state index is -3.81. The molecule has 1 N–H and O–H groups in total. The fourth-order valence-electron chi connectivity index (χ4n) is 4.31. The Morgan fingerprint density at radius 3 is 2.23 bits per heavy atom. The van der Waals surface area contributed by atoms with Crippen LogP contribution in [0, 0.1) is 13.8 Å². The third-order valence-corrected chi connectivity index (χ3v) is 7.71. The van der Waals surface area contributed by atoms with Gasteiger partial charge in [0.1, 0.15) is 18.3 Å². The number of benzene rings is 3. The second-order valence-electron chi connectivity index (χ2n) is 9.51. The number of nitrogens with zero attached hydrogens (tertiary/aromatic N) is 2. The lowest BCUT2D eigenvalue weighted by Gasteiger charge is -2.33. The molecule has 0 saturated heterocycles. The van der Waals surface area contributed by atoms with Crippen LogP contribution in [-0.2, 0) is 32.6 Å². The van der Waals surface area contributed by atoms with Crippen molar-refractivity contribution in [1.82, 2.24) is 10.2 Å². The van der Waals surface area contributed by atoms with E-state index in [1.54, 1.807) is 31.4 Å². The molecule has 3 aromatic rings. The van der Waals surface area contributed by atoms with Crippen LogP contribution in [0.2, 0.25) is 0 Å². The average Bonchev–Trinajstić information content (AvgIpc) is 2.91. The van der Waals surface area contributed by atoms with Crippen LogP contribution in [0.5, 0.6) is 5.75 Å². The highest BCUT2D eigenvalue weighted by molar-refractivity contribution is 7.92. The Hall–Kier alpha value is -3.85. The molecule has 1 atom stereocenters. The summed E-state index contributed by atoms with van der Waals surface area (Å²) in [7, 11) is -2.25. The van der Waals surface area contributed by atoms with Crippen molar-refractivity contribution in [3.05, 3.63) is 95.1 Å². The summed E-state index contributed by atoms with van der Waals surface area (Å²) in [5.41, 5.74) is 3.95. The molecule has 0 bridgehead atoms. The van der Waals surface area contributed by atoms with Gasteiger partial charge >= 0.3 is 0 Å². The predicted molar refractivity (Wildman–Crippen MR) is 154 cm³/mol. The number of aryl methyl sites for hydroxylation is 2. The van der Waals surface area contributed by atoms with Crippen molar-refractivity contribution in [2.24, 2.45) is 0 Å². The maximum absolute atomic E-state index is 14.0. The Morgan fingerprint density at radius 1 is 0.923 bits per heavy atom. The maximum atomic E-state index is 14.0.